The average molecular weight is 545 g/mol. The van der Waals surface area contributed by atoms with Gasteiger partial charge in [-0.2, -0.15) is 0 Å². The molecule has 0 saturated carbocycles. The van der Waals surface area contributed by atoms with Gasteiger partial charge in [-0.3, -0.25) is 4.79 Å². The summed E-state index contributed by atoms with van der Waals surface area (Å²) >= 11 is 6.09. The molecule has 4 aromatic rings. The number of halogens is 1. The largest absolute Gasteiger partial charge is 0.493 e. The van der Waals surface area contributed by atoms with Gasteiger partial charge in [0.1, 0.15) is 17.6 Å². The number of nitrogens with zero attached hydrogens (tertiary/aromatic N) is 1. The van der Waals surface area contributed by atoms with Crippen molar-refractivity contribution in [3.8, 4) is 17.2 Å². The number of carbonyl (C=O) groups is 2. The number of hydrogen-bond acceptors (Lipinski definition) is 6. The minimum absolute atomic E-state index is 0.224. The summed E-state index contributed by atoms with van der Waals surface area (Å²) in [7, 11) is 0. The Bertz CT molecular complexity index is 1460. The SMILES string of the molecule is C/C(=C/C(=O)c1ccccc1Cl)NC(Cc1ccc(OCCc2nc(-c3ccccc3)oc2C)cc1)C(=O)O. The number of allylic oxidation sites excluding steroid dienone is 2. The molecule has 39 heavy (non-hydrogen) atoms. The van der Waals surface area contributed by atoms with Crippen molar-refractivity contribution < 1.29 is 23.8 Å². The van der Waals surface area contributed by atoms with E-state index in [0.29, 0.717) is 41.0 Å². The van der Waals surface area contributed by atoms with Gasteiger partial charge in [0.2, 0.25) is 5.89 Å². The van der Waals surface area contributed by atoms with Crippen LogP contribution in [0.3, 0.4) is 0 Å². The fourth-order valence-electron chi connectivity index (χ4n) is 4.04. The van der Waals surface area contributed by atoms with Crippen LogP contribution in [0.1, 0.15) is 34.3 Å². The average Bonchev–Trinajstić information content (AvgIpc) is 3.30. The van der Waals surface area contributed by atoms with E-state index in [1.165, 1.54) is 6.08 Å². The number of carboxylic acids is 1. The van der Waals surface area contributed by atoms with Gasteiger partial charge in [-0.1, -0.05) is 54.1 Å². The van der Waals surface area contributed by atoms with Crippen molar-refractivity contribution >= 4 is 23.4 Å². The maximum absolute atomic E-state index is 12.5. The predicted molar refractivity (Wildman–Crippen MR) is 150 cm³/mol. The zero-order valence-electron chi connectivity index (χ0n) is 21.7. The number of nitrogens with one attached hydrogen (secondary N) is 1. The maximum atomic E-state index is 12.5. The fraction of sp³-hybridized carbons (Fsp3) is 0.194. The minimum Gasteiger partial charge on any atom is -0.493 e. The minimum atomic E-state index is -1.02. The number of ether oxygens (including phenoxy) is 1. The first-order valence-corrected chi connectivity index (χ1v) is 12.9. The third-order valence-corrected chi connectivity index (χ3v) is 6.40. The van der Waals surface area contributed by atoms with Crippen LogP contribution in [-0.2, 0) is 17.6 Å². The van der Waals surface area contributed by atoms with Crippen LogP contribution in [0.25, 0.3) is 11.5 Å². The fourth-order valence-corrected chi connectivity index (χ4v) is 4.27. The number of aryl methyl sites for hydroxylation is 1. The lowest BCUT2D eigenvalue weighted by Crippen LogP contribution is -2.37. The predicted octanol–water partition coefficient (Wildman–Crippen LogP) is 6.30. The number of aromatic nitrogens is 1. The van der Waals surface area contributed by atoms with Crippen molar-refractivity contribution in [2.45, 2.75) is 32.7 Å². The molecular formula is C31H29ClN2O5. The lowest BCUT2D eigenvalue weighted by molar-refractivity contribution is -0.139. The maximum Gasteiger partial charge on any atom is 0.326 e. The van der Waals surface area contributed by atoms with Crippen LogP contribution in [-0.4, -0.2) is 34.5 Å². The molecule has 0 aliphatic carbocycles. The van der Waals surface area contributed by atoms with Crippen molar-refractivity contribution in [1.29, 1.82) is 0 Å². The van der Waals surface area contributed by atoms with Crippen molar-refractivity contribution in [3.05, 3.63) is 118 Å². The summed E-state index contributed by atoms with van der Waals surface area (Å²) < 4.78 is 11.7. The Balaban J connectivity index is 1.31. The van der Waals surface area contributed by atoms with E-state index in [4.69, 9.17) is 20.8 Å². The zero-order valence-corrected chi connectivity index (χ0v) is 22.4. The standard InChI is InChI=1S/C31H29ClN2O5/c1-20(18-29(35)25-10-6-7-11-26(25)32)33-28(31(36)37)19-22-12-14-24(15-13-22)38-17-16-27-21(2)39-30(34-27)23-8-4-3-5-9-23/h3-15,18,28,33H,16-17,19H2,1-2H3,(H,36,37)/b20-18-. The zero-order chi connectivity index (χ0) is 27.8. The highest BCUT2D eigenvalue weighted by atomic mass is 35.5. The Morgan fingerprint density at radius 2 is 1.74 bits per heavy atom. The second-order valence-electron chi connectivity index (χ2n) is 9.04. The molecule has 4 rings (SSSR count). The monoisotopic (exact) mass is 544 g/mol. The molecule has 0 bridgehead atoms. The van der Waals surface area contributed by atoms with E-state index < -0.39 is 12.0 Å². The van der Waals surface area contributed by atoms with Gasteiger partial charge in [0, 0.05) is 35.7 Å². The molecule has 0 spiro atoms. The van der Waals surface area contributed by atoms with E-state index in [0.717, 1.165) is 22.6 Å². The van der Waals surface area contributed by atoms with Gasteiger partial charge in [-0.25, -0.2) is 9.78 Å². The van der Waals surface area contributed by atoms with Crippen LogP contribution in [0, 0.1) is 6.92 Å². The van der Waals surface area contributed by atoms with Crippen molar-refractivity contribution in [2.75, 3.05) is 6.61 Å². The molecular weight excluding hydrogens is 516 g/mol. The molecule has 0 fully saturated rings. The number of hydrogen-bond donors (Lipinski definition) is 2. The van der Waals surface area contributed by atoms with E-state index in [-0.39, 0.29) is 12.2 Å². The summed E-state index contributed by atoms with van der Waals surface area (Å²) in [6.45, 7) is 3.96. The van der Waals surface area contributed by atoms with Crippen LogP contribution in [0.4, 0.5) is 0 Å². The number of oxazole rings is 1. The van der Waals surface area contributed by atoms with Gasteiger partial charge in [0.15, 0.2) is 5.78 Å². The topological polar surface area (TPSA) is 102 Å². The molecule has 0 saturated heterocycles. The molecule has 1 aromatic heterocycles. The molecule has 0 radical (unpaired) electrons. The smallest absolute Gasteiger partial charge is 0.326 e. The van der Waals surface area contributed by atoms with Crippen LogP contribution in [0.2, 0.25) is 5.02 Å². The van der Waals surface area contributed by atoms with Crippen LogP contribution in [0.15, 0.2) is 95.1 Å². The molecule has 7 nitrogen and oxygen atoms in total. The Labute approximate surface area is 232 Å². The van der Waals surface area contributed by atoms with E-state index in [1.807, 2.05) is 61.5 Å². The Morgan fingerprint density at radius 1 is 1.05 bits per heavy atom. The summed E-state index contributed by atoms with van der Waals surface area (Å²) in [6, 6.07) is 22.8. The van der Waals surface area contributed by atoms with Gasteiger partial charge in [0.25, 0.3) is 0 Å². The highest BCUT2D eigenvalue weighted by Crippen LogP contribution is 2.22. The lowest BCUT2D eigenvalue weighted by Gasteiger charge is -2.16. The number of benzene rings is 3. The lowest BCUT2D eigenvalue weighted by atomic mass is 10.0. The van der Waals surface area contributed by atoms with Crippen LogP contribution >= 0.6 is 11.6 Å². The number of ketones is 1. The molecule has 1 unspecified atom stereocenters. The quantitative estimate of drug-likeness (QED) is 0.159. The number of carbonyl (C=O) groups excluding carboxylic acids is 1. The van der Waals surface area contributed by atoms with Crippen molar-refractivity contribution in [3.63, 3.8) is 0 Å². The summed E-state index contributed by atoms with van der Waals surface area (Å²) in [5, 5.41) is 13.0. The Kier molecular flexibility index (Phi) is 9.18. The van der Waals surface area contributed by atoms with Gasteiger partial charge in [-0.05, 0) is 55.8 Å². The summed E-state index contributed by atoms with van der Waals surface area (Å²) in [6.07, 6.45) is 2.17. The summed E-state index contributed by atoms with van der Waals surface area (Å²) in [4.78, 5) is 29.0. The molecule has 1 atom stereocenters. The normalized spacial score (nSPS) is 12.1. The van der Waals surface area contributed by atoms with Crippen molar-refractivity contribution in [1.82, 2.24) is 10.3 Å². The van der Waals surface area contributed by atoms with E-state index in [9.17, 15) is 14.7 Å². The van der Waals surface area contributed by atoms with Crippen LogP contribution in [0.5, 0.6) is 5.75 Å². The van der Waals surface area contributed by atoms with Gasteiger partial charge >= 0.3 is 5.97 Å². The molecule has 8 heteroatoms. The molecule has 0 amide bonds. The number of aliphatic carboxylic acids is 1. The molecule has 2 N–H and O–H groups in total. The third-order valence-electron chi connectivity index (χ3n) is 6.07. The molecule has 0 aliphatic heterocycles. The summed E-state index contributed by atoms with van der Waals surface area (Å²) in [5.74, 6) is 0.703. The van der Waals surface area contributed by atoms with Crippen molar-refractivity contribution in [2.24, 2.45) is 0 Å². The summed E-state index contributed by atoms with van der Waals surface area (Å²) in [5.41, 5.74) is 3.38. The van der Waals surface area contributed by atoms with E-state index >= 15 is 0 Å². The first-order chi connectivity index (χ1) is 18.8. The van der Waals surface area contributed by atoms with Gasteiger partial charge in [-0.15, -0.1) is 0 Å². The Morgan fingerprint density at radius 3 is 2.44 bits per heavy atom. The van der Waals surface area contributed by atoms with E-state index in [2.05, 4.69) is 10.3 Å². The second kappa shape index (κ2) is 12.9. The Hall–Kier alpha value is -4.36. The van der Waals surface area contributed by atoms with Gasteiger partial charge in [0.05, 0.1) is 17.3 Å². The van der Waals surface area contributed by atoms with E-state index in [1.54, 1.807) is 31.2 Å². The number of carboxylic acid groups (broad SMARTS) is 1. The number of rotatable bonds is 12. The molecule has 0 aliphatic rings. The molecule has 1 heterocycles. The molecule has 200 valence electrons. The van der Waals surface area contributed by atoms with Gasteiger partial charge < -0.3 is 19.6 Å². The third kappa shape index (κ3) is 7.58. The highest BCUT2D eigenvalue weighted by molar-refractivity contribution is 6.34. The molecule has 3 aromatic carbocycles. The second-order valence-corrected chi connectivity index (χ2v) is 9.45. The highest BCUT2D eigenvalue weighted by Gasteiger charge is 2.19. The van der Waals surface area contributed by atoms with Crippen LogP contribution < -0.4 is 10.1 Å². The first kappa shape index (κ1) is 27.7. The first-order valence-electron chi connectivity index (χ1n) is 12.5.